The van der Waals surface area contributed by atoms with Crippen LogP contribution in [0.1, 0.15) is 29.7 Å². The zero-order valence-corrected chi connectivity index (χ0v) is 15.6. The van der Waals surface area contributed by atoms with Gasteiger partial charge in [-0.3, -0.25) is 9.10 Å². The molecule has 27 heavy (non-hydrogen) atoms. The van der Waals surface area contributed by atoms with Gasteiger partial charge in [-0.25, -0.2) is 8.42 Å². The standard InChI is InChI=1S/C20H19NO5S/c1-13(22)15-7-5-6-14(12-15)10-11-17(23)19-20(24)16-8-3-4-9-18(16)27(25,26)21(19)2/h3-13,22,24H,1-2H3/b11-10+. The van der Waals surface area contributed by atoms with E-state index in [-0.39, 0.29) is 21.9 Å². The molecule has 7 heteroatoms. The zero-order chi connectivity index (χ0) is 19.8. The van der Waals surface area contributed by atoms with Crippen LogP contribution in [0.4, 0.5) is 0 Å². The monoisotopic (exact) mass is 385 g/mol. The number of nitrogens with zero attached hydrogens (tertiary/aromatic N) is 1. The lowest BCUT2D eigenvalue weighted by Crippen LogP contribution is -2.34. The van der Waals surface area contributed by atoms with E-state index in [0.29, 0.717) is 11.1 Å². The summed E-state index contributed by atoms with van der Waals surface area (Å²) in [5.41, 5.74) is 1.15. The number of aliphatic hydroxyl groups excluding tert-OH is 2. The van der Waals surface area contributed by atoms with E-state index < -0.39 is 21.9 Å². The first-order valence-corrected chi connectivity index (χ1v) is 9.69. The van der Waals surface area contributed by atoms with Crippen LogP contribution in [0, 0.1) is 0 Å². The molecule has 0 spiro atoms. The Bertz CT molecular complexity index is 1070. The Morgan fingerprint density at radius 2 is 1.85 bits per heavy atom. The Balaban J connectivity index is 2.00. The van der Waals surface area contributed by atoms with E-state index in [9.17, 15) is 23.4 Å². The Morgan fingerprint density at radius 1 is 1.15 bits per heavy atom. The summed E-state index contributed by atoms with van der Waals surface area (Å²) in [6.07, 6.45) is 2.06. The van der Waals surface area contributed by atoms with Gasteiger partial charge in [0.25, 0.3) is 10.0 Å². The van der Waals surface area contributed by atoms with E-state index in [1.807, 2.05) is 0 Å². The maximum Gasteiger partial charge on any atom is 0.265 e. The third-order valence-electron chi connectivity index (χ3n) is 4.37. The smallest absolute Gasteiger partial charge is 0.265 e. The van der Waals surface area contributed by atoms with Crippen LogP contribution in [0.5, 0.6) is 0 Å². The summed E-state index contributed by atoms with van der Waals surface area (Å²) in [7, 11) is -2.69. The van der Waals surface area contributed by atoms with Crippen LogP contribution in [0.25, 0.3) is 11.8 Å². The van der Waals surface area contributed by atoms with Crippen LogP contribution < -0.4 is 0 Å². The van der Waals surface area contributed by atoms with Crippen molar-refractivity contribution in [1.29, 1.82) is 0 Å². The highest BCUT2D eigenvalue weighted by molar-refractivity contribution is 7.89. The number of carbonyl (C=O) groups is 1. The summed E-state index contributed by atoms with van der Waals surface area (Å²) < 4.78 is 26.1. The molecule has 1 atom stereocenters. The van der Waals surface area contributed by atoms with Crippen molar-refractivity contribution >= 4 is 27.6 Å². The number of benzene rings is 2. The minimum atomic E-state index is -3.92. The number of ketones is 1. The summed E-state index contributed by atoms with van der Waals surface area (Å²) in [4.78, 5) is 12.6. The predicted octanol–water partition coefficient (Wildman–Crippen LogP) is 2.88. The van der Waals surface area contributed by atoms with E-state index in [2.05, 4.69) is 0 Å². The number of hydrogen-bond acceptors (Lipinski definition) is 5. The lowest BCUT2D eigenvalue weighted by molar-refractivity contribution is -0.112. The number of carbonyl (C=O) groups excluding carboxylic acids is 1. The molecule has 1 aliphatic heterocycles. The molecule has 0 amide bonds. The number of sulfonamides is 1. The molecule has 0 fully saturated rings. The Labute approximate surface area is 157 Å². The average molecular weight is 385 g/mol. The highest BCUT2D eigenvalue weighted by atomic mass is 32.2. The molecule has 2 N–H and O–H groups in total. The number of rotatable bonds is 4. The topological polar surface area (TPSA) is 94.9 Å². The maximum absolute atomic E-state index is 12.6. The van der Waals surface area contributed by atoms with Crippen molar-refractivity contribution in [1.82, 2.24) is 4.31 Å². The fourth-order valence-electron chi connectivity index (χ4n) is 2.88. The van der Waals surface area contributed by atoms with Crippen molar-refractivity contribution in [2.24, 2.45) is 0 Å². The van der Waals surface area contributed by atoms with E-state index >= 15 is 0 Å². The predicted molar refractivity (Wildman–Crippen MR) is 102 cm³/mol. The fourth-order valence-corrected chi connectivity index (χ4v) is 4.28. The molecule has 3 rings (SSSR count). The van der Waals surface area contributed by atoms with Crippen LogP contribution in [0.2, 0.25) is 0 Å². The second-order valence-corrected chi connectivity index (χ2v) is 8.15. The number of aliphatic hydroxyl groups is 2. The highest BCUT2D eigenvalue weighted by Gasteiger charge is 2.36. The average Bonchev–Trinajstić information content (AvgIpc) is 2.65. The molecule has 2 aromatic carbocycles. The van der Waals surface area contributed by atoms with Gasteiger partial charge < -0.3 is 10.2 Å². The third kappa shape index (κ3) is 3.39. The zero-order valence-electron chi connectivity index (χ0n) is 14.8. The van der Waals surface area contributed by atoms with Crippen molar-refractivity contribution in [2.45, 2.75) is 17.9 Å². The third-order valence-corrected chi connectivity index (χ3v) is 6.19. The summed E-state index contributed by atoms with van der Waals surface area (Å²) in [5, 5.41) is 20.1. The van der Waals surface area contributed by atoms with Crippen LogP contribution in [0.15, 0.2) is 65.2 Å². The molecule has 0 aromatic heterocycles. The summed E-state index contributed by atoms with van der Waals surface area (Å²) in [6.45, 7) is 1.64. The molecule has 0 saturated carbocycles. The van der Waals surface area contributed by atoms with Gasteiger partial charge in [-0.1, -0.05) is 36.4 Å². The molecule has 0 bridgehead atoms. The molecule has 0 saturated heterocycles. The molecule has 0 radical (unpaired) electrons. The van der Waals surface area contributed by atoms with Gasteiger partial charge in [-0.05, 0) is 42.3 Å². The second kappa shape index (κ2) is 7.02. The van der Waals surface area contributed by atoms with Crippen LogP contribution in [0.3, 0.4) is 0 Å². The quantitative estimate of drug-likeness (QED) is 0.789. The molecular weight excluding hydrogens is 366 g/mol. The SMILES string of the molecule is CC(O)c1cccc(/C=C/C(=O)C2=C(O)c3ccccc3S(=O)(=O)N2C)c1. The molecule has 2 aromatic rings. The van der Waals surface area contributed by atoms with Gasteiger partial charge in [0.2, 0.25) is 5.78 Å². The summed E-state index contributed by atoms with van der Waals surface area (Å²) >= 11 is 0. The normalized spacial score (nSPS) is 17.1. The van der Waals surface area contributed by atoms with Gasteiger partial charge in [0.05, 0.1) is 11.0 Å². The number of fused-ring (bicyclic) bond motifs is 1. The first-order valence-electron chi connectivity index (χ1n) is 8.25. The molecule has 1 aliphatic rings. The molecule has 1 unspecified atom stereocenters. The van der Waals surface area contributed by atoms with E-state index in [4.69, 9.17) is 0 Å². The van der Waals surface area contributed by atoms with Gasteiger partial charge in [-0.2, -0.15) is 0 Å². The fraction of sp³-hybridized carbons (Fsp3) is 0.150. The molecule has 140 valence electrons. The first-order chi connectivity index (χ1) is 12.7. The van der Waals surface area contributed by atoms with Gasteiger partial charge in [0.1, 0.15) is 5.70 Å². The summed E-state index contributed by atoms with van der Waals surface area (Å²) in [6, 6.07) is 13.0. The Morgan fingerprint density at radius 3 is 2.56 bits per heavy atom. The molecule has 1 heterocycles. The first kappa shape index (κ1) is 18.9. The lowest BCUT2D eigenvalue weighted by atomic mass is 10.1. The van der Waals surface area contributed by atoms with Gasteiger partial charge in [0, 0.05) is 12.6 Å². The Kier molecular flexibility index (Phi) is 4.91. The summed E-state index contributed by atoms with van der Waals surface area (Å²) in [5.74, 6) is -1.02. The van der Waals surface area contributed by atoms with Gasteiger partial charge in [-0.15, -0.1) is 0 Å². The van der Waals surface area contributed by atoms with Crippen LogP contribution >= 0.6 is 0 Å². The van der Waals surface area contributed by atoms with Crippen molar-refractivity contribution in [3.8, 4) is 0 Å². The van der Waals surface area contributed by atoms with Crippen molar-refractivity contribution in [3.05, 3.63) is 77.0 Å². The Hall–Kier alpha value is -2.90. The van der Waals surface area contributed by atoms with Crippen molar-refractivity contribution in [2.75, 3.05) is 7.05 Å². The molecule has 0 aliphatic carbocycles. The minimum absolute atomic E-state index is 0.0461. The number of allylic oxidation sites excluding steroid dienone is 1. The van der Waals surface area contributed by atoms with Gasteiger partial charge >= 0.3 is 0 Å². The largest absolute Gasteiger partial charge is 0.505 e. The molecule has 6 nitrogen and oxygen atoms in total. The number of likely N-dealkylation sites (N-methyl/N-ethyl adjacent to an activating group) is 1. The van der Waals surface area contributed by atoms with E-state index in [1.165, 1.54) is 31.3 Å². The van der Waals surface area contributed by atoms with Crippen molar-refractivity contribution in [3.63, 3.8) is 0 Å². The van der Waals surface area contributed by atoms with E-state index in [0.717, 1.165) is 4.31 Å². The van der Waals surface area contributed by atoms with Crippen LogP contribution in [-0.4, -0.2) is 35.8 Å². The highest BCUT2D eigenvalue weighted by Crippen LogP contribution is 2.34. The minimum Gasteiger partial charge on any atom is -0.505 e. The molecular formula is C20H19NO5S. The maximum atomic E-state index is 12.6. The van der Waals surface area contributed by atoms with Gasteiger partial charge in [0.15, 0.2) is 5.76 Å². The number of hydrogen-bond donors (Lipinski definition) is 2. The van der Waals surface area contributed by atoms with E-state index in [1.54, 1.807) is 43.3 Å². The second-order valence-electron chi connectivity index (χ2n) is 6.21. The van der Waals surface area contributed by atoms with Crippen molar-refractivity contribution < 1.29 is 23.4 Å². The van der Waals surface area contributed by atoms with Crippen LogP contribution in [-0.2, 0) is 14.8 Å². The lowest BCUT2D eigenvalue weighted by Gasteiger charge is -2.27.